The molecule has 2 aliphatic rings. The van der Waals surface area contributed by atoms with Gasteiger partial charge in [-0.3, -0.25) is 14.6 Å². The summed E-state index contributed by atoms with van der Waals surface area (Å²) in [6.45, 7) is 0. The van der Waals surface area contributed by atoms with Crippen molar-refractivity contribution < 1.29 is 14.3 Å². The summed E-state index contributed by atoms with van der Waals surface area (Å²) < 4.78 is 4.76. The topological polar surface area (TPSA) is 49.9 Å². The van der Waals surface area contributed by atoms with Crippen LogP contribution in [0.1, 0.15) is 0 Å². The standard InChI is InChI=1S/C11H15N2O3PS/c1-12(2)8-9(14)13-7(11(15)16-3)6(4-17)5-18-10(8)13/h4,8,10,17H,5H2,1-3H3. The van der Waals surface area contributed by atoms with Crippen molar-refractivity contribution in [1.29, 1.82) is 0 Å². The summed E-state index contributed by atoms with van der Waals surface area (Å²) in [7, 11) is 8.34. The molecule has 0 radical (unpaired) electrons. The molecule has 2 unspecified atom stereocenters. The predicted molar refractivity (Wildman–Crippen MR) is 74.0 cm³/mol. The van der Waals surface area contributed by atoms with Crippen molar-refractivity contribution in [3.05, 3.63) is 11.3 Å². The number of esters is 1. The highest BCUT2D eigenvalue weighted by atomic mass is 32.2. The first-order valence-corrected chi connectivity index (χ1v) is 7.08. The molecule has 2 atom stereocenters. The summed E-state index contributed by atoms with van der Waals surface area (Å²) in [5.74, 6) is 1.84. The lowest BCUT2D eigenvalue weighted by molar-refractivity contribution is -0.154. The van der Waals surface area contributed by atoms with E-state index >= 15 is 0 Å². The summed E-state index contributed by atoms with van der Waals surface area (Å²) in [4.78, 5) is 27.4. The van der Waals surface area contributed by atoms with E-state index in [0.29, 0.717) is 11.4 Å². The highest BCUT2D eigenvalue weighted by Gasteiger charge is 2.54. The number of thioether (sulfide) groups is 1. The molecule has 1 amide bonds. The van der Waals surface area contributed by atoms with E-state index in [4.69, 9.17) is 4.74 Å². The first-order valence-electron chi connectivity index (χ1n) is 5.46. The van der Waals surface area contributed by atoms with Crippen molar-refractivity contribution in [3.63, 3.8) is 0 Å². The van der Waals surface area contributed by atoms with Gasteiger partial charge in [0.15, 0.2) is 0 Å². The molecule has 0 saturated carbocycles. The largest absolute Gasteiger partial charge is 0.464 e. The third-order valence-electron chi connectivity index (χ3n) is 3.08. The third kappa shape index (κ3) is 1.88. The van der Waals surface area contributed by atoms with Crippen LogP contribution in [-0.2, 0) is 14.3 Å². The molecule has 7 heteroatoms. The van der Waals surface area contributed by atoms with Crippen LogP contribution >= 0.6 is 20.6 Å². The number of carbonyl (C=O) groups excluding carboxylic acids is 2. The molecular formula is C11H15N2O3PS. The number of methoxy groups -OCH3 is 1. The Morgan fingerprint density at radius 2 is 2.28 bits per heavy atom. The molecule has 2 aliphatic heterocycles. The van der Waals surface area contributed by atoms with Gasteiger partial charge in [-0.1, -0.05) is 0 Å². The molecule has 2 rings (SSSR count). The molecule has 2 heterocycles. The van der Waals surface area contributed by atoms with Gasteiger partial charge < -0.3 is 4.74 Å². The first kappa shape index (κ1) is 13.6. The molecule has 5 nitrogen and oxygen atoms in total. The highest BCUT2D eigenvalue weighted by Crippen LogP contribution is 2.41. The van der Waals surface area contributed by atoms with E-state index < -0.39 is 5.97 Å². The monoisotopic (exact) mass is 286 g/mol. The smallest absolute Gasteiger partial charge is 0.355 e. The fourth-order valence-corrected chi connectivity index (χ4v) is 4.02. The van der Waals surface area contributed by atoms with Gasteiger partial charge in [0.05, 0.1) is 7.11 Å². The van der Waals surface area contributed by atoms with E-state index in [9.17, 15) is 9.59 Å². The Balaban J connectivity index is 2.36. The normalized spacial score (nSPS) is 26.9. The molecule has 1 saturated heterocycles. The Bertz CT molecular complexity index is 450. The number of amides is 1. The molecule has 0 aromatic rings. The maximum absolute atomic E-state index is 12.1. The number of hydrogen-bond acceptors (Lipinski definition) is 5. The van der Waals surface area contributed by atoms with E-state index in [0.717, 1.165) is 5.57 Å². The first-order chi connectivity index (χ1) is 8.52. The summed E-state index contributed by atoms with van der Waals surface area (Å²) in [6.07, 6.45) is 0. The number of likely N-dealkylation sites (N-methyl/N-ethyl adjacent to an activating group) is 1. The number of carbonyl (C=O) groups is 2. The Kier molecular flexibility index (Phi) is 3.80. The van der Waals surface area contributed by atoms with Gasteiger partial charge in [-0.2, -0.15) is 0 Å². The Labute approximate surface area is 112 Å². The molecular weight excluding hydrogens is 271 g/mol. The molecule has 98 valence electrons. The molecule has 18 heavy (non-hydrogen) atoms. The number of rotatable bonds is 3. The van der Waals surface area contributed by atoms with Crippen molar-refractivity contribution in [2.45, 2.75) is 11.4 Å². The second-order valence-corrected chi connectivity index (χ2v) is 5.72. The van der Waals surface area contributed by atoms with E-state index in [1.807, 2.05) is 19.0 Å². The number of β-lactam (4-membered cyclic amide) rings is 1. The van der Waals surface area contributed by atoms with Crippen molar-refractivity contribution in [2.75, 3.05) is 27.0 Å². The number of nitrogens with zero attached hydrogens (tertiary/aromatic N) is 2. The summed E-state index contributed by atoms with van der Waals surface area (Å²) in [5, 5.41) is -0.00281. The van der Waals surface area contributed by atoms with Crippen LogP contribution in [0.15, 0.2) is 11.3 Å². The van der Waals surface area contributed by atoms with E-state index in [1.165, 1.54) is 12.0 Å². The molecule has 0 aliphatic carbocycles. The van der Waals surface area contributed by atoms with Crippen LogP contribution in [0, 0.1) is 0 Å². The Morgan fingerprint density at radius 1 is 1.61 bits per heavy atom. The summed E-state index contributed by atoms with van der Waals surface area (Å²) >= 11 is 1.65. The summed E-state index contributed by atoms with van der Waals surface area (Å²) in [5.41, 5.74) is 1.14. The average molecular weight is 286 g/mol. The number of hydrogen-bond donors (Lipinski definition) is 0. The molecule has 0 aromatic heterocycles. The maximum atomic E-state index is 12.1. The SMILES string of the molecule is COC(=O)C1=C(C=P)CSC2C(N(C)C)C(=O)N12. The van der Waals surface area contributed by atoms with E-state index in [-0.39, 0.29) is 17.3 Å². The quantitative estimate of drug-likeness (QED) is 0.421. The molecule has 1 fully saturated rings. The minimum Gasteiger partial charge on any atom is -0.464 e. The van der Waals surface area contributed by atoms with Gasteiger partial charge in [-0.05, 0) is 25.5 Å². The van der Waals surface area contributed by atoms with Crippen molar-refractivity contribution in [3.8, 4) is 0 Å². The van der Waals surface area contributed by atoms with Crippen LogP contribution in [0.3, 0.4) is 0 Å². The van der Waals surface area contributed by atoms with Gasteiger partial charge in [0, 0.05) is 5.75 Å². The van der Waals surface area contributed by atoms with Gasteiger partial charge in [0.1, 0.15) is 17.1 Å². The van der Waals surface area contributed by atoms with Gasteiger partial charge in [-0.25, -0.2) is 4.79 Å². The molecule has 0 N–H and O–H groups in total. The van der Waals surface area contributed by atoms with Crippen molar-refractivity contribution >= 4 is 38.3 Å². The molecule has 0 bridgehead atoms. The maximum Gasteiger partial charge on any atom is 0.355 e. The van der Waals surface area contributed by atoms with Gasteiger partial charge >= 0.3 is 5.97 Å². The number of ether oxygens (including phenoxy) is 1. The van der Waals surface area contributed by atoms with Gasteiger partial charge in [0.2, 0.25) is 5.91 Å². The van der Waals surface area contributed by atoms with Crippen LogP contribution in [0.4, 0.5) is 0 Å². The predicted octanol–water partition coefficient (Wildman–Crippen LogP) is 0.204. The zero-order valence-electron chi connectivity index (χ0n) is 10.5. The lowest BCUT2D eigenvalue weighted by Gasteiger charge is -2.51. The minimum absolute atomic E-state index is 0.00281. The average Bonchev–Trinajstić information content (AvgIpc) is 2.35. The lowest BCUT2D eigenvalue weighted by Crippen LogP contribution is -2.69. The minimum atomic E-state index is -0.463. The fourth-order valence-electron chi connectivity index (χ4n) is 2.16. The van der Waals surface area contributed by atoms with Gasteiger partial charge in [0.25, 0.3) is 0 Å². The second kappa shape index (κ2) is 5.03. The van der Waals surface area contributed by atoms with E-state index in [1.54, 1.807) is 17.6 Å². The Morgan fingerprint density at radius 3 is 2.78 bits per heavy atom. The van der Waals surface area contributed by atoms with Gasteiger partial charge in [-0.15, -0.1) is 20.6 Å². The molecule has 0 aromatic carbocycles. The van der Waals surface area contributed by atoms with Crippen molar-refractivity contribution in [2.24, 2.45) is 0 Å². The number of fused-ring (bicyclic) bond motifs is 1. The lowest BCUT2D eigenvalue weighted by atomic mass is 10.0. The Hall–Kier alpha value is -0.840. The second-order valence-electron chi connectivity index (χ2n) is 4.33. The van der Waals surface area contributed by atoms with Crippen molar-refractivity contribution in [1.82, 2.24) is 9.80 Å². The van der Waals surface area contributed by atoms with Crippen LogP contribution in [0.5, 0.6) is 0 Å². The molecule has 0 spiro atoms. The highest BCUT2D eigenvalue weighted by molar-refractivity contribution is 8.00. The van der Waals surface area contributed by atoms with Crippen LogP contribution in [-0.4, -0.2) is 65.8 Å². The zero-order chi connectivity index (χ0) is 13.4. The van der Waals surface area contributed by atoms with Crippen LogP contribution in [0.25, 0.3) is 0 Å². The summed E-state index contributed by atoms with van der Waals surface area (Å²) in [6, 6.07) is -0.161. The van der Waals surface area contributed by atoms with E-state index in [2.05, 4.69) is 8.86 Å². The zero-order valence-corrected chi connectivity index (χ0v) is 12.3. The van der Waals surface area contributed by atoms with Crippen LogP contribution in [0.2, 0.25) is 0 Å². The third-order valence-corrected chi connectivity index (χ3v) is 4.72. The fraction of sp³-hybridized carbons (Fsp3) is 0.545. The van der Waals surface area contributed by atoms with Crippen LogP contribution < -0.4 is 0 Å².